The fourth-order valence-corrected chi connectivity index (χ4v) is 2.49. The van der Waals surface area contributed by atoms with Crippen molar-refractivity contribution in [1.82, 2.24) is 0 Å². The Balaban J connectivity index is 2.39. The second-order valence-corrected chi connectivity index (χ2v) is 6.72. The van der Waals surface area contributed by atoms with Crippen LogP contribution < -0.4 is 4.74 Å². The van der Waals surface area contributed by atoms with E-state index in [1.807, 2.05) is 0 Å². The summed E-state index contributed by atoms with van der Waals surface area (Å²) < 4.78 is 41.8. The topological polar surface area (TPSA) is 63.6 Å². The van der Waals surface area contributed by atoms with Crippen LogP contribution in [0.15, 0.2) is 47.4 Å². The molecule has 0 aromatic heterocycles. The number of aliphatic hydroxyl groups is 1. The van der Waals surface area contributed by atoms with E-state index >= 15 is 0 Å². The minimum atomic E-state index is -3.34. The highest BCUT2D eigenvalue weighted by Crippen LogP contribution is 2.31. The third-order valence-corrected chi connectivity index (χ3v) is 3.99. The Kier molecular flexibility index (Phi) is 4.29. The summed E-state index contributed by atoms with van der Waals surface area (Å²) in [6.45, 7) is 1.49. The summed E-state index contributed by atoms with van der Waals surface area (Å²) in [7, 11) is -3.34. The van der Waals surface area contributed by atoms with Crippen molar-refractivity contribution in [2.24, 2.45) is 0 Å². The van der Waals surface area contributed by atoms with Crippen LogP contribution in [0, 0.1) is 5.82 Å². The first-order chi connectivity index (χ1) is 9.77. The summed E-state index contributed by atoms with van der Waals surface area (Å²) >= 11 is 0. The molecule has 2 rings (SSSR count). The first-order valence-corrected chi connectivity index (χ1v) is 8.12. The first kappa shape index (κ1) is 15.5. The number of rotatable bonds is 4. The van der Waals surface area contributed by atoms with Gasteiger partial charge in [-0.25, -0.2) is 12.8 Å². The minimum absolute atomic E-state index is 0.126. The van der Waals surface area contributed by atoms with Gasteiger partial charge in [0, 0.05) is 11.8 Å². The summed E-state index contributed by atoms with van der Waals surface area (Å²) in [6.07, 6.45) is 0.194. The molecule has 0 heterocycles. The molecule has 0 aliphatic rings. The van der Waals surface area contributed by atoms with Crippen LogP contribution >= 0.6 is 0 Å². The highest BCUT2D eigenvalue weighted by atomic mass is 32.2. The lowest BCUT2D eigenvalue weighted by Gasteiger charge is -2.13. The Labute approximate surface area is 122 Å². The van der Waals surface area contributed by atoms with E-state index in [2.05, 4.69) is 0 Å². The Morgan fingerprint density at radius 2 is 1.90 bits per heavy atom. The van der Waals surface area contributed by atoms with Crippen molar-refractivity contribution < 1.29 is 22.7 Å². The Morgan fingerprint density at radius 3 is 2.52 bits per heavy atom. The molecule has 1 atom stereocenters. The van der Waals surface area contributed by atoms with Crippen molar-refractivity contribution in [1.29, 1.82) is 0 Å². The summed E-state index contributed by atoms with van der Waals surface area (Å²) in [5.74, 6) is 0.0895. The van der Waals surface area contributed by atoms with Gasteiger partial charge in [0.2, 0.25) is 0 Å². The molecule has 0 fully saturated rings. The fourth-order valence-electron chi connectivity index (χ4n) is 1.83. The molecule has 0 saturated heterocycles. The van der Waals surface area contributed by atoms with Crippen molar-refractivity contribution >= 4 is 9.84 Å². The third-order valence-electron chi connectivity index (χ3n) is 2.88. The minimum Gasteiger partial charge on any atom is -0.457 e. The first-order valence-electron chi connectivity index (χ1n) is 6.23. The molecule has 0 radical (unpaired) electrons. The van der Waals surface area contributed by atoms with Crippen molar-refractivity contribution in [3.05, 3.63) is 53.8 Å². The molecule has 2 aromatic carbocycles. The second-order valence-electron chi connectivity index (χ2n) is 4.71. The van der Waals surface area contributed by atoms with Crippen LogP contribution in [0.25, 0.3) is 0 Å². The molecule has 0 aliphatic carbocycles. The molecule has 0 amide bonds. The maximum atomic E-state index is 13.2. The van der Waals surface area contributed by atoms with Crippen LogP contribution in [0.5, 0.6) is 11.5 Å². The summed E-state index contributed by atoms with van der Waals surface area (Å²) in [4.78, 5) is 0.126. The van der Waals surface area contributed by atoms with Gasteiger partial charge in [-0.15, -0.1) is 0 Å². The second kappa shape index (κ2) is 5.83. The number of benzene rings is 2. The van der Waals surface area contributed by atoms with Crippen LogP contribution in [-0.2, 0) is 9.84 Å². The predicted octanol–water partition coefficient (Wildman–Crippen LogP) is 3.07. The van der Waals surface area contributed by atoms with Crippen molar-refractivity contribution in [3.8, 4) is 11.5 Å². The molecule has 0 spiro atoms. The van der Waals surface area contributed by atoms with Gasteiger partial charge in [-0.1, -0.05) is 6.07 Å². The highest BCUT2D eigenvalue weighted by Gasteiger charge is 2.13. The summed E-state index contributed by atoms with van der Waals surface area (Å²) in [6, 6.07) is 9.76. The zero-order chi connectivity index (χ0) is 15.6. The van der Waals surface area contributed by atoms with E-state index in [1.54, 1.807) is 12.1 Å². The number of hydrogen-bond acceptors (Lipinski definition) is 4. The van der Waals surface area contributed by atoms with Crippen LogP contribution in [0.1, 0.15) is 18.6 Å². The van der Waals surface area contributed by atoms with Gasteiger partial charge < -0.3 is 9.84 Å². The normalized spacial score (nSPS) is 13.0. The van der Waals surface area contributed by atoms with Gasteiger partial charge in [0.1, 0.15) is 17.3 Å². The molecule has 2 aromatic rings. The maximum absolute atomic E-state index is 13.2. The molecule has 1 N–H and O–H groups in total. The van der Waals surface area contributed by atoms with Crippen LogP contribution in [-0.4, -0.2) is 19.8 Å². The van der Waals surface area contributed by atoms with E-state index in [0.717, 1.165) is 6.26 Å². The molecule has 0 aliphatic heterocycles. The van der Waals surface area contributed by atoms with Gasteiger partial charge >= 0.3 is 0 Å². The number of hydrogen-bond donors (Lipinski definition) is 1. The number of ether oxygens (including phenoxy) is 1. The smallest absolute Gasteiger partial charge is 0.175 e. The van der Waals surface area contributed by atoms with Gasteiger partial charge in [0.25, 0.3) is 0 Å². The zero-order valence-electron chi connectivity index (χ0n) is 11.6. The molecule has 6 heteroatoms. The van der Waals surface area contributed by atoms with Crippen LogP contribution in [0.4, 0.5) is 4.39 Å². The highest BCUT2D eigenvalue weighted by molar-refractivity contribution is 7.90. The largest absolute Gasteiger partial charge is 0.457 e. The number of aliphatic hydroxyl groups excluding tert-OH is 1. The molecule has 0 saturated carbocycles. The van der Waals surface area contributed by atoms with Gasteiger partial charge in [-0.3, -0.25) is 0 Å². The summed E-state index contributed by atoms with van der Waals surface area (Å²) in [5, 5.41) is 9.65. The van der Waals surface area contributed by atoms with E-state index in [4.69, 9.17) is 4.74 Å². The molecule has 112 valence electrons. The van der Waals surface area contributed by atoms with Gasteiger partial charge in [-0.05, 0) is 43.3 Å². The molecular formula is C15H15FO4S. The average molecular weight is 310 g/mol. The third kappa shape index (κ3) is 3.80. The molecule has 21 heavy (non-hydrogen) atoms. The molecular weight excluding hydrogens is 295 g/mol. The van der Waals surface area contributed by atoms with E-state index < -0.39 is 21.8 Å². The lowest BCUT2D eigenvalue weighted by molar-refractivity contribution is 0.195. The number of halogens is 1. The monoisotopic (exact) mass is 310 g/mol. The zero-order valence-corrected chi connectivity index (χ0v) is 12.4. The lowest BCUT2D eigenvalue weighted by Crippen LogP contribution is -1.99. The van der Waals surface area contributed by atoms with Crippen molar-refractivity contribution in [2.45, 2.75) is 17.9 Å². The van der Waals surface area contributed by atoms with E-state index in [0.29, 0.717) is 11.3 Å². The van der Waals surface area contributed by atoms with Crippen molar-refractivity contribution in [2.75, 3.05) is 6.26 Å². The lowest BCUT2D eigenvalue weighted by atomic mass is 10.1. The summed E-state index contributed by atoms with van der Waals surface area (Å²) in [5.41, 5.74) is 0.291. The SMILES string of the molecule is C[C@H](O)c1cc(F)ccc1Oc1cccc(S(C)(=O)=O)c1. The maximum Gasteiger partial charge on any atom is 0.175 e. The predicted molar refractivity (Wildman–Crippen MR) is 76.7 cm³/mol. The van der Waals surface area contributed by atoms with E-state index in [9.17, 15) is 17.9 Å². The Morgan fingerprint density at radius 1 is 1.19 bits per heavy atom. The Hall–Kier alpha value is -1.92. The molecule has 0 bridgehead atoms. The molecule has 4 nitrogen and oxygen atoms in total. The van der Waals surface area contributed by atoms with Gasteiger partial charge in [0.15, 0.2) is 9.84 Å². The van der Waals surface area contributed by atoms with Crippen LogP contribution in [0.2, 0.25) is 0 Å². The van der Waals surface area contributed by atoms with Gasteiger partial charge in [-0.2, -0.15) is 0 Å². The van der Waals surface area contributed by atoms with Gasteiger partial charge in [0.05, 0.1) is 11.0 Å². The quantitative estimate of drug-likeness (QED) is 0.942. The van der Waals surface area contributed by atoms with Crippen LogP contribution in [0.3, 0.4) is 0 Å². The fraction of sp³-hybridized carbons (Fsp3) is 0.200. The standard InChI is InChI=1S/C15H15FO4S/c1-10(17)14-8-11(16)6-7-15(14)20-12-4-3-5-13(9-12)21(2,18)19/h3-10,17H,1-2H3/t10-/m0/s1. The van der Waals surface area contributed by atoms with E-state index in [-0.39, 0.29) is 10.6 Å². The van der Waals surface area contributed by atoms with Crippen molar-refractivity contribution in [3.63, 3.8) is 0 Å². The average Bonchev–Trinajstić information content (AvgIpc) is 2.40. The molecule has 0 unspecified atom stereocenters. The number of sulfone groups is 1. The van der Waals surface area contributed by atoms with E-state index in [1.165, 1.54) is 37.3 Å². The Bertz CT molecular complexity index is 754.